The third-order valence-corrected chi connectivity index (χ3v) is 3.55. The first-order valence-corrected chi connectivity index (χ1v) is 6.98. The zero-order valence-electron chi connectivity index (χ0n) is 9.94. The van der Waals surface area contributed by atoms with Crippen molar-refractivity contribution in [3.63, 3.8) is 0 Å². The molecule has 0 aliphatic heterocycles. The van der Waals surface area contributed by atoms with Gasteiger partial charge in [-0.05, 0) is 18.1 Å². The predicted octanol–water partition coefficient (Wildman–Crippen LogP) is 0.319. The first-order chi connectivity index (χ1) is 8.13. The van der Waals surface area contributed by atoms with Crippen molar-refractivity contribution in [2.24, 2.45) is 5.73 Å². The van der Waals surface area contributed by atoms with Crippen LogP contribution in [0.1, 0.15) is 11.1 Å². The van der Waals surface area contributed by atoms with Crippen LogP contribution in [0.2, 0.25) is 0 Å². The number of benzene rings is 1. The molecule has 94 valence electrons. The molecular formula is C12H18N2O2S. The summed E-state index contributed by atoms with van der Waals surface area (Å²) in [6, 6.07) is 7.76. The van der Waals surface area contributed by atoms with Crippen molar-refractivity contribution in [1.82, 2.24) is 5.32 Å². The Labute approximate surface area is 104 Å². The average molecular weight is 254 g/mol. The first-order valence-electron chi connectivity index (χ1n) is 5.49. The highest BCUT2D eigenvalue weighted by atomic mass is 32.2. The van der Waals surface area contributed by atoms with Gasteiger partial charge < -0.3 is 11.1 Å². The summed E-state index contributed by atoms with van der Waals surface area (Å²) in [4.78, 5) is 11.3. The van der Waals surface area contributed by atoms with Crippen LogP contribution in [0.25, 0.3) is 0 Å². The fraction of sp³-hybridized carbons (Fsp3) is 0.417. The van der Waals surface area contributed by atoms with E-state index in [-0.39, 0.29) is 11.7 Å². The van der Waals surface area contributed by atoms with Gasteiger partial charge in [-0.3, -0.25) is 9.00 Å². The fourth-order valence-electron chi connectivity index (χ4n) is 1.41. The topological polar surface area (TPSA) is 72.2 Å². The van der Waals surface area contributed by atoms with E-state index in [1.807, 2.05) is 31.2 Å². The highest BCUT2D eigenvalue weighted by Gasteiger charge is 2.09. The van der Waals surface area contributed by atoms with Crippen LogP contribution in [0.15, 0.2) is 24.3 Å². The summed E-state index contributed by atoms with van der Waals surface area (Å²) in [6.45, 7) is 2.80. The Balaban J connectivity index is 2.45. The van der Waals surface area contributed by atoms with Gasteiger partial charge in [-0.15, -0.1) is 0 Å². The van der Waals surface area contributed by atoms with Gasteiger partial charge in [-0.2, -0.15) is 0 Å². The minimum Gasteiger partial charge on any atom is -0.354 e. The molecule has 0 aliphatic carbocycles. The molecule has 0 aliphatic rings. The van der Waals surface area contributed by atoms with Gasteiger partial charge in [0.25, 0.3) is 0 Å². The first kappa shape index (κ1) is 13.9. The van der Waals surface area contributed by atoms with Crippen LogP contribution in [-0.2, 0) is 21.3 Å². The molecule has 1 atom stereocenters. The van der Waals surface area contributed by atoms with E-state index in [2.05, 4.69) is 5.32 Å². The SMILES string of the molecule is Cc1ccccc1CS(=O)CC(=O)NCCN. The van der Waals surface area contributed by atoms with Crippen molar-refractivity contribution >= 4 is 16.7 Å². The molecule has 0 spiro atoms. The minimum atomic E-state index is -1.17. The van der Waals surface area contributed by atoms with E-state index in [1.165, 1.54) is 0 Å². The van der Waals surface area contributed by atoms with Gasteiger partial charge in [-0.1, -0.05) is 24.3 Å². The average Bonchev–Trinajstić information content (AvgIpc) is 2.29. The molecule has 0 saturated heterocycles. The Kier molecular flexibility index (Phi) is 5.86. The molecule has 4 nitrogen and oxygen atoms in total. The van der Waals surface area contributed by atoms with Crippen LogP contribution in [-0.4, -0.2) is 29.0 Å². The Hall–Kier alpha value is -1.20. The van der Waals surface area contributed by atoms with Crippen molar-refractivity contribution in [3.8, 4) is 0 Å². The molecule has 0 bridgehead atoms. The van der Waals surface area contributed by atoms with E-state index in [0.717, 1.165) is 11.1 Å². The second kappa shape index (κ2) is 7.19. The lowest BCUT2D eigenvalue weighted by Crippen LogP contribution is -2.32. The number of hydrogen-bond donors (Lipinski definition) is 2. The van der Waals surface area contributed by atoms with E-state index in [0.29, 0.717) is 18.8 Å². The summed E-state index contributed by atoms with van der Waals surface area (Å²) in [5.74, 6) is 0.249. The molecular weight excluding hydrogens is 236 g/mol. The van der Waals surface area contributed by atoms with E-state index < -0.39 is 10.8 Å². The second-order valence-electron chi connectivity index (χ2n) is 3.79. The molecule has 1 aromatic carbocycles. The molecule has 5 heteroatoms. The van der Waals surface area contributed by atoms with E-state index in [1.54, 1.807) is 0 Å². The second-order valence-corrected chi connectivity index (χ2v) is 5.25. The molecule has 1 amide bonds. The molecule has 0 aromatic heterocycles. The molecule has 1 unspecified atom stereocenters. The van der Waals surface area contributed by atoms with E-state index >= 15 is 0 Å². The van der Waals surface area contributed by atoms with Crippen molar-refractivity contribution in [2.45, 2.75) is 12.7 Å². The molecule has 0 saturated carbocycles. The van der Waals surface area contributed by atoms with Gasteiger partial charge in [0.1, 0.15) is 5.75 Å². The van der Waals surface area contributed by atoms with Crippen LogP contribution < -0.4 is 11.1 Å². The summed E-state index contributed by atoms with van der Waals surface area (Å²) >= 11 is 0. The van der Waals surface area contributed by atoms with Gasteiger partial charge in [0.05, 0.1) is 0 Å². The van der Waals surface area contributed by atoms with Crippen LogP contribution in [0.3, 0.4) is 0 Å². The smallest absolute Gasteiger partial charge is 0.232 e. The van der Waals surface area contributed by atoms with Gasteiger partial charge in [0, 0.05) is 29.6 Å². The molecule has 3 N–H and O–H groups in total. The van der Waals surface area contributed by atoms with Gasteiger partial charge >= 0.3 is 0 Å². The van der Waals surface area contributed by atoms with Crippen molar-refractivity contribution < 1.29 is 9.00 Å². The summed E-state index contributed by atoms with van der Waals surface area (Å²) in [5.41, 5.74) is 7.39. The Morgan fingerprint density at radius 2 is 2.12 bits per heavy atom. The van der Waals surface area contributed by atoms with Crippen molar-refractivity contribution in [3.05, 3.63) is 35.4 Å². The highest BCUT2D eigenvalue weighted by molar-refractivity contribution is 7.84. The third-order valence-electron chi connectivity index (χ3n) is 2.34. The number of hydrogen-bond acceptors (Lipinski definition) is 3. The Morgan fingerprint density at radius 1 is 1.41 bits per heavy atom. The standard InChI is InChI=1S/C12H18N2O2S/c1-10-4-2-3-5-11(10)8-17(16)9-12(15)14-7-6-13/h2-5H,6-9,13H2,1H3,(H,14,15). The normalized spacial score (nSPS) is 12.1. The predicted molar refractivity (Wildman–Crippen MR) is 70.0 cm³/mol. The van der Waals surface area contributed by atoms with Crippen LogP contribution in [0, 0.1) is 6.92 Å². The summed E-state index contributed by atoms with van der Waals surface area (Å²) in [5, 5.41) is 2.61. The Morgan fingerprint density at radius 3 is 2.76 bits per heavy atom. The molecule has 17 heavy (non-hydrogen) atoms. The minimum absolute atomic E-state index is 0.0360. The number of carbonyl (C=O) groups excluding carboxylic acids is 1. The lowest BCUT2D eigenvalue weighted by molar-refractivity contribution is -0.118. The zero-order valence-corrected chi connectivity index (χ0v) is 10.8. The van der Waals surface area contributed by atoms with E-state index in [4.69, 9.17) is 5.73 Å². The maximum atomic E-state index is 11.8. The molecule has 1 rings (SSSR count). The number of nitrogens with one attached hydrogen (secondary N) is 1. The molecule has 0 fully saturated rings. The number of rotatable bonds is 6. The van der Waals surface area contributed by atoms with Gasteiger partial charge in [0.15, 0.2) is 0 Å². The van der Waals surface area contributed by atoms with E-state index in [9.17, 15) is 9.00 Å². The number of aryl methyl sites for hydroxylation is 1. The van der Waals surface area contributed by atoms with Gasteiger partial charge in [0.2, 0.25) is 5.91 Å². The highest BCUT2D eigenvalue weighted by Crippen LogP contribution is 2.09. The third kappa shape index (κ3) is 5.10. The number of carbonyl (C=O) groups is 1. The molecule has 0 heterocycles. The lowest BCUT2D eigenvalue weighted by Gasteiger charge is -2.06. The van der Waals surface area contributed by atoms with Crippen molar-refractivity contribution in [1.29, 1.82) is 0 Å². The Bertz CT molecular complexity index is 407. The van der Waals surface area contributed by atoms with Crippen LogP contribution >= 0.6 is 0 Å². The number of nitrogens with two attached hydrogens (primary N) is 1. The molecule has 0 radical (unpaired) electrons. The van der Waals surface area contributed by atoms with Gasteiger partial charge in [-0.25, -0.2) is 0 Å². The maximum Gasteiger partial charge on any atom is 0.232 e. The monoisotopic (exact) mass is 254 g/mol. The largest absolute Gasteiger partial charge is 0.354 e. The summed E-state index contributed by atoms with van der Waals surface area (Å²) in [6.07, 6.45) is 0. The summed E-state index contributed by atoms with van der Waals surface area (Å²) < 4.78 is 11.8. The fourth-order valence-corrected chi connectivity index (χ4v) is 2.57. The zero-order chi connectivity index (χ0) is 12.7. The van der Waals surface area contributed by atoms with Crippen molar-refractivity contribution in [2.75, 3.05) is 18.8 Å². The number of amides is 1. The van der Waals surface area contributed by atoms with Crippen LogP contribution in [0.5, 0.6) is 0 Å². The summed E-state index contributed by atoms with van der Waals surface area (Å²) in [7, 11) is -1.17. The maximum absolute atomic E-state index is 11.8. The lowest BCUT2D eigenvalue weighted by atomic mass is 10.1. The van der Waals surface area contributed by atoms with Crippen LogP contribution in [0.4, 0.5) is 0 Å². The quantitative estimate of drug-likeness (QED) is 0.768. The molecule has 1 aromatic rings.